The molecule has 1 aliphatic rings. The molecule has 0 saturated heterocycles. The van der Waals surface area contributed by atoms with Gasteiger partial charge in [0.15, 0.2) is 0 Å². The second-order valence-electron chi connectivity index (χ2n) is 7.14. The molecule has 3 atom stereocenters. The van der Waals surface area contributed by atoms with Gasteiger partial charge in [0.1, 0.15) is 0 Å². The summed E-state index contributed by atoms with van der Waals surface area (Å²) in [6.07, 6.45) is 3.93. The van der Waals surface area contributed by atoms with E-state index in [1.807, 2.05) is 0 Å². The first-order valence-corrected chi connectivity index (χ1v) is 8.07. The van der Waals surface area contributed by atoms with Crippen molar-refractivity contribution in [2.24, 2.45) is 23.6 Å². The van der Waals surface area contributed by atoms with Gasteiger partial charge >= 0.3 is 0 Å². The lowest BCUT2D eigenvalue weighted by Crippen LogP contribution is -2.37. The summed E-state index contributed by atoms with van der Waals surface area (Å²) in [7, 11) is 0. The maximum atomic E-state index is 5.87. The van der Waals surface area contributed by atoms with Crippen molar-refractivity contribution in [1.82, 2.24) is 5.43 Å². The molecule has 1 fully saturated rings. The Morgan fingerprint density at radius 3 is 1.90 bits per heavy atom. The summed E-state index contributed by atoms with van der Waals surface area (Å²) in [5.74, 6) is 8.75. The second kappa shape index (κ2) is 6.73. The van der Waals surface area contributed by atoms with E-state index in [0.29, 0.717) is 17.9 Å². The Kier molecular flexibility index (Phi) is 5.22. The minimum atomic E-state index is 0.293. The molecule has 2 heteroatoms. The Morgan fingerprint density at radius 1 is 0.950 bits per heavy atom. The number of nitrogens with one attached hydrogen (secondary N) is 1. The lowest BCUT2D eigenvalue weighted by molar-refractivity contribution is 0.177. The maximum absolute atomic E-state index is 5.87. The van der Waals surface area contributed by atoms with Gasteiger partial charge in [-0.05, 0) is 54.1 Å². The van der Waals surface area contributed by atoms with E-state index in [1.165, 1.54) is 30.4 Å². The summed E-state index contributed by atoms with van der Waals surface area (Å²) in [6, 6.07) is 9.30. The molecule has 2 rings (SSSR count). The summed E-state index contributed by atoms with van der Waals surface area (Å²) in [5, 5.41) is 0. The third-order valence-electron chi connectivity index (χ3n) is 4.83. The highest BCUT2D eigenvalue weighted by atomic mass is 15.2. The summed E-state index contributed by atoms with van der Waals surface area (Å²) in [6.45, 7) is 9.21. The fourth-order valence-electron chi connectivity index (χ4n) is 3.87. The van der Waals surface area contributed by atoms with Crippen LogP contribution in [-0.2, 0) is 0 Å². The molecular weight excluding hydrogens is 244 g/mol. The molecule has 1 saturated carbocycles. The van der Waals surface area contributed by atoms with Crippen LogP contribution < -0.4 is 11.3 Å². The molecule has 3 unspecified atom stereocenters. The minimum absolute atomic E-state index is 0.293. The van der Waals surface area contributed by atoms with Gasteiger partial charge in [0.05, 0.1) is 0 Å². The first-order chi connectivity index (χ1) is 9.51. The van der Waals surface area contributed by atoms with Crippen LogP contribution in [0.4, 0.5) is 0 Å². The molecule has 0 bridgehead atoms. The van der Waals surface area contributed by atoms with Gasteiger partial charge in [-0.25, -0.2) is 0 Å². The SMILES string of the molecule is CC1CC(C)CC(C(NN)c2ccc(C(C)C)cc2)C1. The molecule has 0 radical (unpaired) electrons. The summed E-state index contributed by atoms with van der Waals surface area (Å²) >= 11 is 0. The first kappa shape index (κ1) is 15.5. The number of hydrogen-bond donors (Lipinski definition) is 2. The van der Waals surface area contributed by atoms with Crippen LogP contribution in [0.5, 0.6) is 0 Å². The van der Waals surface area contributed by atoms with Crippen molar-refractivity contribution in [2.75, 3.05) is 0 Å². The number of nitrogens with two attached hydrogens (primary N) is 1. The van der Waals surface area contributed by atoms with Gasteiger partial charge < -0.3 is 0 Å². The van der Waals surface area contributed by atoms with E-state index in [0.717, 1.165) is 11.8 Å². The van der Waals surface area contributed by atoms with Crippen LogP contribution in [-0.4, -0.2) is 0 Å². The number of rotatable bonds is 4. The van der Waals surface area contributed by atoms with Crippen molar-refractivity contribution in [3.05, 3.63) is 35.4 Å². The van der Waals surface area contributed by atoms with E-state index in [-0.39, 0.29) is 0 Å². The van der Waals surface area contributed by atoms with Gasteiger partial charge in [0.2, 0.25) is 0 Å². The fraction of sp³-hybridized carbons (Fsp3) is 0.667. The van der Waals surface area contributed by atoms with Crippen LogP contribution in [0.15, 0.2) is 24.3 Å². The Bertz CT molecular complexity index is 400. The molecule has 0 aliphatic heterocycles. The van der Waals surface area contributed by atoms with E-state index in [1.54, 1.807) is 0 Å². The minimum Gasteiger partial charge on any atom is -0.271 e. The highest BCUT2D eigenvalue weighted by Crippen LogP contribution is 2.39. The van der Waals surface area contributed by atoms with E-state index < -0.39 is 0 Å². The molecule has 0 spiro atoms. The molecule has 0 aromatic heterocycles. The highest BCUT2D eigenvalue weighted by Gasteiger charge is 2.30. The predicted molar refractivity (Wildman–Crippen MR) is 86.3 cm³/mol. The van der Waals surface area contributed by atoms with Gasteiger partial charge in [-0.1, -0.05) is 52.0 Å². The lowest BCUT2D eigenvalue weighted by Gasteiger charge is -2.36. The zero-order valence-corrected chi connectivity index (χ0v) is 13.4. The smallest absolute Gasteiger partial charge is 0.0488 e. The van der Waals surface area contributed by atoms with Crippen molar-refractivity contribution in [3.63, 3.8) is 0 Å². The van der Waals surface area contributed by atoms with E-state index >= 15 is 0 Å². The van der Waals surface area contributed by atoms with Crippen molar-refractivity contribution >= 4 is 0 Å². The van der Waals surface area contributed by atoms with Gasteiger partial charge in [-0.2, -0.15) is 0 Å². The Labute approximate surface area is 124 Å². The normalized spacial score (nSPS) is 28.6. The standard InChI is InChI=1S/C18H30N2/c1-12(2)15-5-7-16(8-6-15)18(20-19)17-10-13(3)9-14(4)11-17/h5-8,12-14,17-18,20H,9-11,19H2,1-4H3. The van der Waals surface area contributed by atoms with Crippen LogP contribution in [0.25, 0.3) is 0 Å². The third kappa shape index (κ3) is 3.62. The third-order valence-corrected chi connectivity index (χ3v) is 4.83. The molecule has 1 aromatic carbocycles. The average molecular weight is 274 g/mol. The number of hydrogen-bond acceptors (Lipinski definition) is 2. The highest BCUT2D eigenvalue weighted by molar-refractivity contribution is 5.27. The molecule has 3 N–H and O–H groups in total. The lowest BCUT2D eigenvalue weighted by atomic mass is 9.72. The monoisotopic (exact) mass is 274 g/mol. The first-order valence-electron chi connectivity index (χ1n) is 8.07. The summed E-state index contributed by atoms with van der Waals surface area (Å²) in [4.78, 5) is 0. The molecule has 20 heavy (non-hydrogen) atoms. The summed E-state index contributed by atoms with van der Waals surface area (Å²) < 4.78 is 0. The average Bonchev–Trinajstić information content (AvgIpc) is 2.39. The maximum Gasteiger partial charge on any atom is 0.0488 e. The van der Waals surface area contributed by atoms with E-state index in [9.17, 15) is 0 Å². The molecule has 0 amide bonds. The Morgan fingerprint density at radius 2 is 1.45 bits per heavy atom. The van der Waals surface area contributed by atoms with Crippen LogP contribution in [0, 0.1) is 17.8 Å². The van der Waals surface area contributed by atoms with Crippen LogP contribution in [0.1, 0.15) is 70.0 Å². The van der Waals surface area contributed by atoms with Crippen LogP contribution in [0.3, 0.4) is 0 Å². The van der Waals surface area contributed by atoms with Crippen molar-refractivity contribution in [3.8, 4) is 0 Å². The largest absolute Gasteiger partial charge is 0.271 e. The summed E-state index contributed by atoms with van der Waals surface area (Å²) in [5.41, 5.74) is 5.81. The molecule has 1 aliphatic carbocycles. The van der Waals surface area contributed by atoms with Crippen molar-refractivity contribution in [1.29, 1.82) is 0 Å². The topological polar surface area (TPSA) is 38.0 Å². The number of benzene rings is 1. The van der Waals surface area contributed by atoms with Gasteiger partial charge in [0, 0.05) is 6.04 Å². The molecule has 2 nitrogen and oxygen atoms in total. The number of hydrazine groups is 1. The molecule has 1 aromatic rings. The Balaban J connectivity index is 2.14. The quantitative estimate of drug-likeness (QED) is 0.631. The predicted octanol–water partition coefficient (Wildman–Crippen LogP) is 4.39. The van der Waals surface area contributed by atoms with Gasteiger partial charge in [0.25, 0.3) is 0 Å². The molecule has 0 heterocycles. The fourth-order valence-corrected chi connectivity index (χ4v) is 3.87. The van der Waals surface area contributed by atoms with E-state index in [4.69, 9.17) is 5.84 Å². The van der Waals surface area contributed by atoms with Gasteiger partial charge in [-0.15, -0.1) is 0 Å². The van der Waals surface area contributed by atoms with Crippen molar-refractivity contribution < 1.29 is 0 Å². The molecular formula is C18H30N2. The molecule has 112 valence electrons. The second-order valence-corrected chi connectivity index (χ2v) is 7.14. The zero-order chi connectivity index (χ0) is 14.7. The Hall–Kier alpha value is -0.860. The van der Waals surface area contributed by atoms with Crippen LogP contribution >= 0.6 is 0 Å². The van der Waals surface area contributed by atoms with Crippen molar-refractivity contribution in [2.45, 2.75) is 58.9 Å². The zero-order valence-electron chi connectivity index (χ0n) is 13.4. The van der Waals surface area contributed by atoms with E-state index in [2.05, 4.69) is 57.4 Å². The van der Waals surface area contributed by atoms with Gasteiger partial charge in [-0.3, -0.25) is 11.3 Å². The van der Waals surface area contributed by atoms with Crippen LogP contribution in [0.2, 0.25) is 0 Å².